The molecule has 0 N–H and O–H groups in total. The molecule has 2 aliphatic rings. The van der Waals surface area contributed by atoms with Crippen LogP contribution in [0.25, 0.3) is 38.7 Å². The Bertz CT molecular complexity index is 1990. The quantitative estimate of drug-likeness (QED) is 0.209. The molecular formula is C34H26N2O3S. The Kier molecular flexibility index (Phi) is 5.07. The summed E-state index contributed by atoms with van der Waals surface area (Å²) in [5, 5.41) is 8.78. The number of para-hydroxylation sites is 1. The van der Waals surface area contributed by atoms with E-state index in [1.165, 1.54) is 0 Å². The largest absolute Gasteiger partial charge is 0.458 e. The molecule has 2 aromatic heterocycles. The van der Waals surface area contributed by atoms with E-state index >= 15 is 0 Å². The fraction of sp³-hybridized carbons (Fsp3) is 0.176. The lowest BCUT2D eigenvalue weighted by Gasteiger charge is -2.45. The lowest BCUT2D eigenvalue weighted by atomic mass is 9.71. The van der Waals surface area contributed by atoms with Crippen LogP contribution in [0.1, 0.15) is 30.9 Å². The average molecular weight is 543 g/mol. The molecule has 4 heterocycles. The molecule has 2 atom stereocenters. The summed E-state index contributed by atoms with van der Waals surface area (Å²) < 4.78 is 15.0. The van der Waals surface area contributed by atoms with Crippen molar-refractivity contribution in [2.24, 2.45) is 5.92 Å². The number of benzene rings is 4. The maximum Gasteiger partial charge on any atom is 0.293 e. The minimum atomic E-state index is -0.550. The molecule has 2 aliphatic heterocycles. The highest BCUT2D eigenvalue weighted by atomic mass is 32.2. The first-order chi connectivity index (χ1) is 19.5. The summed E-state index contributed by atoms with van der Waals surface area (Å²) in [6, 6.07) is 32.3. The van der Waals surface area contributed by atoms with Crippen LogP contribution in [0.15, 0.2) is 111 Å². The summed E-state index contributed by atoms with van der Waals surface area (Å²) in [6.07, 6.45) is 0. The van der Waals surface area contributed by atoms with Gasteiger partial charge in [0.05, 0.1) is 22.3 Å². The topological polar surface area (TPSA) is 57.3 Å². The molecule has 0 bridgehead atoms. The molecule has 8 rings (SSSR count). The van der Waals surface area contributed by atoms with Gasteiger partial charge in [-0.05, 0) is 42.8 Å². The van der Waals surface area contributed by atoms with Crippen molar-refractivity contribution in [1.29, 1.82) is 0 Å². The fourth-order valence-corrected chi connectivity index (χ4v) is 7.99. The third kappa shape index (κ3) is 3.35. The molecule has 4 aromatic carbocycles. The van der Waals surface area contributed by atoms with Gasteiger partial charge in [0.25, 0.3) is 5.95 Å². The molecule has 0 saturated heterocycles. The molecule has 0 spiro atoms. The zero-order valence-electron chi connectivity index (χ0n) is 22.1. The number of rotatable bonds is 2. The van der Waals surface area contributed by atoms with E-state index in [-0.39, 0.29) is 17.3 Å². The van der Waals surface area contributed by atoms with Crippen LogP contribution in [0.4, 0.5) is 0 Å². The molecule has 0 unspecified atom stereocenters. The van der Waals surface area contributed by atoms with Crippen LogP contribution in [0.5, 0.6) is 5.95 Å². The molecule has 0 radical (unpaired) electrons. The van der Waals surface area contributed by atoms with Gasteiger partial charge in [-0.3, -0.25) is 4.79 Å². The van der Waals surface area contributed by atoms with Crippen LogP contribution in [-0.2, 0) is 0 Å². The number of nitrogens with zero attached hydrogens (tertiary/aromatic N) is 2. The maximum absolute atomic E-state index is 14.6. The number of ether oxygens (including phenoxy) is 1. The second kappa shape index (κ2) is 8.60. The van der Waals surface area contributed by atoms with Crippen molar-refractivity contribution < 1.29 is 9.15 Å². The fourth-order valence-electron chi connectivity index (χ4n) is 6.41. The lowest BCUT2D eigenvalue weighted by molar-refractivity contribution is 0.00243. The Hall–Kier alpha value is -4.29. The lowest BCUT2D eigenvalue weighted by Crippen LogP contribution is -2.49. The van der Waals surface area contributed by atoms with E-state index < -0.39 is 5.60 Å². The number of hydrogen-bond donors (Lipinski definition) is 0. The maximum atomic E-state index is 14.6. The van der Waals surface area contributed by atoms with Gasteiger partial charge in [-0.2, -0.15) is 5.10 Å². The zero-order valence-corrected chi connectivity index (χ0v) is 22.9. The van der Waals surface area contributed by atoms with E-state index in [0.717, 1.165) is 44.1 Å². The van der Waals surface area contributed by atoms with Crippen LogP contribution in [0, 0.1) is 5.92 Å². The standard InChI is InChI=1S/C34H26N2O3S/c1-34(2)24-19-40-32-28(30(21-12-5-3-6-13-21)35-36(32)22-14-7-4-8-15-22)27(24)29-31(37)26-23-16-10-9-11-20(23)17-18-25(26)38-33(29)39-34/h3-18,24,27H,19H2,1-2H3/t24-,27-/m1/s1. The molecule has 196 valence electrons. The second-order valence-corrected chi connectivity index (χ2v) is 12.1. The number of aromatic nitrogens is 2. The Labute approximate surface area is 235 Å². The molecular weight excluding hydrogens is 516 g/mol. The van der Waals surface area contributed by atoms with Gasteiger partial charge in [0, 0.05) is 28.7 Å². The number of fused-ring (bicyclic) bond motifs is 8. The third-order valence-corrected chi connectivity index (χ3v) is 9.58. The molecule has 6 aromatic rings. The SMILES string of the molecule is CC1(C)Oc2oc3ccc4ccccc4c3c(=O)c2[C@H]2c3c(-c4ccccc4)nn(-c4ccccc4)c3SC[C@H]21. The van der Waals surface area contributed by atoms with E-state index in [4.69, 9.17) is 14.3 Å². The van der Waals surface area contributed by atoms with Gasteiger partial charge >= 0.3 is 0 Å². The Morgan fingerprint density at radius 2 is 1.60 bits per heavy atom. The minimum absolute atomic E-state index is 0.0251. The van der Waals surface area contributed by atoms with E-state index in [9.17, 15) is 4.79 Å². The van der Waals surface area contributed by atoms with E-state index in [0.29, 0.717) is 22.5 Å². The van der Waals surface area contributed by atoms with Crippen molar-refractivity contribution >= 4 is 33.5 Å². The van der Waals surface area contributed by atoms with Crippen LogP contribution in [0.2, 0.25) is 0 Å². The summed E-state index contributed by atoms with van der Waals surface area (Å²) in [4.78, 5) is 14.6. The van der Waals surface area contributed by atoms with Crippen molar-refractivity contribution in [1.82, 2.24) is 9.78 Å². The molecule has 5 nitrogen and oxygen atoms in total. The van der Waals surface area contributed by atoms with Crippen LogP contribution in [-0.4, -0.2) is 21.1 Å². The first-order valence-corrected chi connectivity index (χ1v) is 14.5. The van der Waals surface area contributed by atoms with Crippen molar-refractivity contribution in [2.75, 3.05) is 5.75 Å². The predicted molar refractivity (Wildman–Crippen MR) is 160 cm³/mol. The molecule has 0 aliphatic carbocycles. The van der Waals surface area contributed by atoms with Gasteiger partial charge in [-0.1, -0.05) is 78.9 Å². The summed E-state index contributed by atoms with van der Waals surface area (Å²) in [5.41, 5.74) is 4.55. The molecule has 0 amide bonds. The van der Waals surface area contributed by atoms with Crippen molar-refractivity contribution in [3.05, 3.63) is 118 Å². The summed E-state index contributed by atoms with van der Waals surface area (Å²) in [7, 11) is 0. The van der Waals surface area contributed by atoms with Crippen LogP contribution >= 0.6 is 11.8 Å². The smallest absolute Gasteiger partial charge is 0.293 e. The first kappa shape index (κ1) is 23.6. The number of thioether (sulfide) groups is 1. The van der Waals surface area contributed by atoms with E-state index in [1.807, 2.05) is 77.5 Å². The monoisotopic (exact) mass is 542 g/mol. The van der Waals surface area contributed by atoms with Gasteiger partial charge in [-0.15, -0.1) is 11.8 Å². The number of hydrogen-bond acceptors (Lipinski definition) is 5. The summed E-state index contributed by atoms with van der Waals surface area (Å²) >= 11 is 1.79. The normalized spacial score (nSPS) is 19.1. The minimum Gasteiger partial charge on any atom is -0.458 e. The predicted octanol–water partition coefficient (Wildman–Crippen LogP) is 7.82. The summed E-state index contributed by atoms with van der Waals surface area (Å²) in [5.74, 6) is 0.929. The van der Waals surface area contributed by atoms with Crippen LogP contribution < -0.4 is 10.2 Å². The Balaban J connectivity index is 1.48. The van der Waals surface area contributed by atoms with Crippen LogP contribution in [0.3, 0.4) is 0 Å². The second-order valence-electron chi connectivity index (χ2n) is 11.1. The highest BCUT2D eigenvalue weighted by molar-refractivity contribution is 7.99. The molecule has 40 heavy (non-hydrogen) atoms. The third-order valence-electron chi connectivity index (χ3n) is 8.38. The highest BCUT2D eigenvalue weighted by Crippen LogP contribution is 2.56. The average Bonchev–Trinajstić information content (AvgIpc) is 3.37. The van der Waals surface area contributed by atoms with Crippen molar-refractivity contribution in [2.45, 2.75) is 30.4 Å². The molecule has 0 saturated carbocycles. The Morgan fingerprint density at radius 1 is 0.875 bits per heavy atom. The van der Waals surface area contributed by atoms with Crippen molar-refractivity contribution in [3.63, 3.8) is 0 Å². The summed E-state index contributed by atoms with van der Waals surface area (Å²) in [6.45, 7) is 4.21. The molecule has 6 heteroatoms. The highest BCUT2D eigenvalue weighted by Gasteiger charge is 2.52. The van der Waals surface area contributed by atoms with E-state index in [2.05, 4.69) is 38.1 Å². The Morgan fingerprint density at radius 3 is 2.40 bits per heavy atom. The molecule has 0 fully saturated rings. The zero-order chi connectivity index (χ0) is 27.0. The van der Waals surface area contributed by atoms with Gasteiger partial charge < -0.3 is 9.15 Å². The van der Waals surface area contributed by atoms with Crippen molar-refractivity contribution in [3.8, 4) is 22.9 Å². The van der Waals surface area contributed by atoms with E-state index in [1.54, 1.807) is 11.8 Å². The van der Waals surface area contributed by atoms with Gasteiger partial charge in [0.2, 0.25) is 5.43 Å². The van der Waals surface area contributed by atoms with Gasteiger partial charge in [-0.25, -0.2) is 4.68 Å². The van der Waals surface area contributed by atoms with Gasteiger partial charge in [0.15, 0.2) is 0 Å². The first-order valence-electron chi connectivity index (χ1n) is 13.6. The van der Waals surface area contributed by atoms with Gasteiger partial charge in [0.1, 0.15) is 16.2 Å².